The summed E-state index contributed by atoms with van der Waals surface area (Å²) >= 11 is 0.911. The lowest BCUT2D eigenvalue weighted by molar-refractivity contribution is -0.149. The molecule has 1 aromatic heterocycles. The van der Waals surface area contributed by atoms with Gasteiger partial charge in [0.05, 0.1) is 40.9 Å². The molecule has 2 aliphatic rings. The maximum atomic E-state index is 13.3. The van der Waals surface area contributed by atoms with Gasteiger partial charge in [0, 0.05) is 26.2 Å². The van der Waals surface area contributed by atoms with Gasteiger partial charge in [-0.15, -0.1) is 0 Å². The van der Waals surface area contributed by atoms with Gasteiger partial charge in [-0.1, -0.05) is 11.3 Å². The number of carbonyl (C=O) groups excluding carboxylic acids is 2. The number of esters is 1. The Morgan fingerprint density at radius 3 is 2.70 bits per heavy atom. The van der Waals surface area contributed by atoms with E-state index >= 15 is 0 Å². The molecule has 0 spiro atoms. The number of carbonyl (C=O) groups is 2. The first kappa shape index (κ1) is 23.9. The van der Waals surface area contributed by atoms with Gasteiger partial charge >= 0.3 is 10.8 Å². The SMILES string of the molecule is CCOC(=O)[C@H]1CCCN(S(=O)(=O)c2ccc3c(c2)sc(=O)n3CC(=O)N2CCOCC2)C1. The van der Waals surface area contributed by atoms with Gasteiger partial charge in [0.1, 0.15) is 6.54 Å². The monoisotopic (exact) mass is 497 g/mol. The molecular weight excluding hydrogens is 470 g/mol. The first-order chi connectivity index (χ1) is 15.8. The smallest absolute Gasteiger partial charge is 0.310 e. The van der Waals surface area contributed by atoms with Gasteiger partial charge in [0.2, 0.25) is 15.9 Å². The maximum Gasteiger partial charge on any atom is 0.310 e. The Kier molecular flexibility index (Phi) is 7.17. The molecule has 2 fully saturated rings. The zero-order valence-electron chi connectivity index (χ0n) is 18.4. The van der Waals surface area contributed by atoms with Crippen molar-refractivity contribution < 1.29 is 27.5 Å². The number of morpholine rings is 1. The third kappa shape index (κ3) is 4.98. The molecule has 0 bridgehead atoms. The molecule has 10 nitrogen and oxygen atoms in total. The van der Waals surface area contributed by atoms with Gasteiger partial charge in [-0.25, -0.2) is 8.42 Å². The topological polar surface area (TPSA) is 115 Å². The fourth-order valence-electron chi connectivity index (χ4n) is 4.17. The molecular formula is C21H27N3O7S2. The van der Waals surface area contributed by atoms with Crippen LogP contribution in [0.2, 0.25) is 0 Å². The van der Waals surface area contributed by atoms with Crippen LogP contribution in [-0.4, -0.2) is 80.1 Å². The van der Waals surface area contributed by atoms with Crippen LogP contribution in [0.1, 0.15) is 19.8 Å². The maximum absolute atomic E-state index is 13.3. The van der Waals surface area contributed by atoms with E-state index in [0.717, 1.165) is 11.3 Å². The highest BCUT2D eigenvalue weighted by molar-refractivity contribution is 7.89. The van der Waals surface area contributed by atoms with E-state index in [1.165, 1.54) is 21.0 Å². The highest BCUT2D eigenvalue weighted by Gasteiger charge is 2.34. The molecule has 12 heteroatoms. The molecule has 2 aliphatic heterocycles. The molecule has 1 amide bonds. The van der Waals surface area contributed by atoms with Gasteiger partial charge in [-0.2, -0.15) is 4.31 Å². The van der Waals surface area contributed by atoms with Crippen molar-refractivity contribution in [2.75, 3.05) is 46.0 Å². The number of benzene rings is 1. The summed E-state index contributed by atoms with van der Waals surface area (Å²) in [6.45, 7) is 4.18. The normalized spacial score (nSPS) is 20.2. The molecule has 33 heavy (non-hydrogen) atoms. The highest BCUT2D eigenvalue weighted by atomic mass is 32.2. The number of hydrogen-bond acceptors (Lipinski definition) is 8. The highest BCUT2D eigenvalue weighted by Crippen LogP contribution is 2.28. The molecule has 180 valence electrons. The number of nitrogens with zero attached hydrogens (tertiary/aromatic N) is 3. The lowest BCUT2D eigenvalue weighted by atomic mass is 10.0. The second kappa shape index (κ2) is 9.92. The van der Waals surface area contributed by atoms with Crippen molar-refractivity contribution in [1.82, 2.24) is 13.8 Å². The van der Waals surface area contributed by atoms with Gasteiger partial charge in [0.15, 0.2) is 0 Å². The Balaban J connectivity index is 1.56. The van der Waals surface area contributed by atoms with Crippen LogP contribution in [0, 0.1) is 5.92 Å². The molecule has 1 atom stereocenters. The number of fused-ring (bicyclic) bond motifs is 1. The van der Waals surface area contributed by atoms with Crippen molar-refractivity contribution >= 4 is 43.5 Å². The van der Waals surface area contributed by atoms with E-state index in [2.05, 4.69) is 0 Å². The average Bonchev–Trinajstić information content (AvgIpc) is 3.14. The van der Waals surface area contributed by atoms with E-state index in [0.29, 0.717) is 55.9 Å². The minimum absolute atomic E-state index is 0.0624. The number of rotatable bonds is 6. The predicted molar refractivity (Wildman–Crippen MR) is 122 cm³/mol. The second-order valence-electron chi connectivity index (χ2n) is 8.03. The third-order valence-corrected chi connectivity index (χ3v) is 8.74. The minimum Gasteiger partial charge on any atom is -0.466 e. The van der Waals surface area contributed by atoms with Crippen LogP contribution in [0.25, 0.3) is 10.2 Å². The number of ether oxygens (including phenoxy) is 2. The average molecular weight is 498 g/mol. The van der Waals surface area contributed by atoms with Crippen molar-refractivity contribution in [1.29, 1.82) is 0 Å². The Bertz CT molecular complexity index is 1200. The minimum atomic E-state index is -3.85. The number of amides is 1. The number of hydrogen-bond donors (Lipinski definition) is 0. The fourth-order valence-corrected chi connectivity index (χ4v) is 6.72. The quantitative estimate of drug-likeness (QED) is 0.544. The van der Waals surface area contributed by atoms with E-state index in [1.807, 2.05) is 0 Å². The van der Waals surface area contributed by atoms with Crippen LogP contribution < -0.4 is 4.87 Å². The van der Waals surface area contributed by atoms with Crippen molar-refractivity contribution in [2.45, 2.75) is 31.2 Å². The van der Waals surface area contributed by atoms with Crippen molar-refractivity contribution in [3.63, 3.8) is 0 Å². The molecule has 0 aliphatic carbocycles. The largest absolute Gasteiger partial charge is 0.466 e. The first-order valence-corrected chi connectivity index (χ1v) is 13.2. The predicted octanol–water partition coefficient (Wildman–Crippen LogP) is 0.886. The van der Waals surface area contributed by atoms with Crippen LogP contribution in [0.3, 0.4) is 0 Å². The summed E-state index contributed by atoms with van der Waals surface area (Å²) in [6.07, 6.45) is 1.16. The van der Waals surface area contributed by atoms with E-state index in [9.17, 15) is 22.8 Å². The third-order valence-electron chi connectivity index (χ3n) is 5.94. The number of piperidine rings is 1. The van der Waals surface area contributed by atoms with Gasteiger partial charge in [-0.3, -0.25) is 19.0 Å². The molecule has 2 saturated heterocycles. The van der Waals surface area contributed by atoms with E-state index in [1.54, 1.807) is 17.9 Å². The lowest BCUT2D eigenvalue weighted by Gasteiger charge is -2.30. The van der Waals surface area contributed by atoms with Crippen LogP contribution in [0.4, 0.5) is 0 Å². The molecule has 0 radical (unpaired) electrons. The Labute approximate surface area is 195 Å². The summed E-state index contributed by atoms with van der Waals surface area (Å²) in [7, 11) is -3.85. The number of sulfonamides is 1. The van der Waals surface area contributed by atoms with E-state index in [-0.39, 0.29) is 41.3 Å². The van der Waals surface area contributed by atoms with Crippen molar-refractivity contribution in [2.24, 2.45) is 5.92 Å². The molecule has 4 rings (SSSR count). The van der Waals surface area contributed by atoms with Crippen LogP contribution in [0.5, 0.6) is 0 Å². The van der Waals surface area contributed by atoms with Crippen LogP contribution in [-0.2, 0) is 35.6 Å². The van der Waals surface area contributed by atoms with Crippen LogP contribution in [0.15, 0.2) is 27.9 Å². The summed E-state index contributed by atoms with van der Waals surface area (Å²) in [5.41, 5.74) is 0.522. The molecule has 0 N–H and O–H groups in total. The lowest BCUT2D eigenvalue weighted by Crippen LogP contribution is -2.43. The summed E-state index contributed by atoms with van der Waals surface area (Å²) in [6, 6.07) is 4.49. The number of aromatic nitrogens is 1. The first-order valence-electron chi connectivity index (χ1n) is 11.0. The van der Waals surface area contributed by atoms with Gasteiger partial charge in [0.25, 0.3) is 0 Å². The molecule has 2 aromatic rings. The molecule has 1 aromatic carbocycles. The van der Waals surface area contributed by atoms with Crippen molar-refractivity contribution in [3.05, 3.63) is 27.9 Å². The summed E-state index contributed by atoms with van der Waals surface area (Å²) in [5, 5.41) is 0. The zero-order valence-corrected chi connectivity index (χ0v) is 20.0. The molecule has 0 saturated carbocycles. The summed E-state index contributed by atoms with van der Waals surface area (Å²) in [5.74, 6) is -1.04. The molecule has 0 unspecified atom stereocenters. The summed E-state index contributed by atoms with van der Waals surface area (Å²) < 4.78 is 40.0. The van der Waals surface area contributed by atoms with Gasteiger partial charge in [-0.05, 0) is 38.0 Å². The van der Waals surface area contributed by atoms with E-state index in [4.69, 9.17) is 9.47 Å². The van der Waals surface area contributed by atoms with Crippen molar-refractivity contribution in [3.8, 4) is 0 Å². The van der Waals surface area contributed by atoms with Crippen LogP contribution >= 0.6 is 11.3 Å². The van der Waals surface area contributed by atoms with E-state index < -0.39 is 15.9 Å². The Hall–Kier alpha value is -2.28. The molecule has 3 heterocycles. The summed E-state index contributed by atoms with van der Waals surface area (Å²) in [4.78, 5) is 38.7. The Morgan fingerprint density at radius 2 is 1.97 bits per heavy atom. The zero-order chi connectivity index (χ0) is 23.6. The Morgan fingerprint density at radius 1 is 1.21 bits per heavy atom. The van der Waals surface area contributed by atoms with Gasteiger partial charge < -0.3 is 14.4 Å². The second-order valence-corrected chi connectivity index (χ2v) is 11.0. The standard InChI is InChI=1S/C21H27N3O7S2/c1-2-31-20(26)15-4-3-7-23(13-15)33(28,29)16-5-6-17-18(12-16)32-21(27)24(17)14-19(25)22-8-10-30-11-9-22/h5-6,12,15H,2-4,7-11,13-14H2,1H3/t15-/m0/s1. The number of thiazole rings is 1. The fraction of sp³-hybridized carbons (Fsp3) is 0.571.